The monoisotopic (exact) mass is 514 g/mol. The topological polar surface area (TPSA) is 70.7 Å². The molecule has 0 saturated carbocycles. The zero-order valence-electron chi connectivity index (χ0n) is 18.9. The van der Waals surface area contributed by atoms with E-state index in [1.54, 1.807) is 18.3 Å². The lowest BCUT2D eigenvalue weighted by atomic mass is 9.98. The fourth-order valence-corrected chi connectivity index (χ4v) is 4.17. The van der Waals surface area contributed by atoms with Crippen LogP contribution in [0.4, 0.5) is 32.0 Å². The number of fused-ring (bicyclic) bond motifs is 3. The Morgan fingerprint density at radius 2 is 1.68 bits per heavy atom. The minimum Gasteiger partial charge on any atom is -0.339 e. The van der Waals surface area contributed by atoms with E-state index in [1.807, 2.05) is 25.1 Å². The number of aromatic amines is 1. The van der Waals surface area contributed by atoms with Crippen molar-refractivity contribution in [2.45, 2.75) is 19.3 Å². The Labute approximate surface area is 205 Å². The maximum Gasteiger partial charge on any atom is 0.417 e. The van der Waals surface area contributed by atoms with Gasteiger partial charge in [0.1, 0.15) is 12.0 Å². The molecule has 0 radical (unpaired) electrons. The summed E-state index contributed by atoms with van der Waals surface area (Å²) in [6, 6.07) is 11.0. The summed E-state index contributed by atoms with van der Waals surface area (Å²) in [5.41, 5.74) is -0.154. The van der Waals surface area contributed by atoms with Crippen molar-refractivity contribution in [3.05, 3.63) is 89.4 Å². The first kappa shape index (κ1) is 24.3. The third-order valence-electron chi connectivity index (χ3n) is 5.98. The molecule has 0 atom stereocenters. The van der Waals surface area contributed by atoms with E-state index in [1.165, 1.54) is 12.4 Å². The summed E-state index contributed by atoms with van der Waals surface area (Å²) in [5, 5.41) is 4.04. The standard InChI is InChI=1S/C26H16F6N4O/c1-13-2-5-16(35-24(37)19-9-15(25(27,28)29)4-7-21(19)26(30,31)32)10-18(13)14-3-6-17-20-11-33-12-34-23(20)36-22(17)8-14/h2-12H,1H3,(H,35,37)(H,33,34,36). The molecule has 0 aliphatic rings. The molecule has 0 saturated heterocycles. The third kappa shape index (κ3) is 4.59. The van der Waals surface area contributed by atoms with Crippen LogP contribution in [0.15, 0.2) is 67.1 Å². The van der Waals surface area contributed by atoms with Gasteiger partial charge in [-0.3, -0.25) is 4.79 Å². The van der Waals surface area contributed by atoms with Crippen molar-refractivity contribution in [2.75, 3.05) is 5.32 Å². The van der Waals surface area contributed by atoms with E-state index in [0.29, 0.717) is 17.3 Å². The Morgan fingerprint density at radius 1 is 0.892 bits per heavy atom. The van der Waals surface area contributed by atoms with Gasteiger partial charge in [-0.05, 0) is 60.0 Å². The number of rotatable bonds is 3. The minimum atomic E-state index is -5.02. The number of hydrogen-bond donors (Lipinski definition) is 2. The molecule has 5 rings (SSSR count). The zero-order valence-corrected chi connectivity index (χ0v) is 18.9. The van der Waals surface area contributed by atoms with Crippen LogP contribution in [0.1, 0.15) is 27.0 Å². The van der Waals surface area contributed by atoms with Crippen molar-refractivity contribution >= 4 is 33.5 Å². The van der Waals surface area contributed by atoms with Crippen LogP contribution in [0.5, 0.6) is 0 Å². The largest absolute Gasteiger partial charge is 0.417 e. The van der Waals surface area contributed by atoms with Crippen LogP contribution < -0.4 is 5.32 Å². The molecule has 2 N–H and O–H groups in total. The Hall–Kier alpha value is -4.41. The van der Waals surface area contributed by atoms with Crippen LogP contribution in [-0.4, -0.2) is 20.9 Å². The predicted octanol–water partition coefficient (Wildman–Crippen LogP) is 7.38. The number of benzene rings is 3. The highest BCUT2D eigenvalue weighted by atomic mass is 19.4. The second kappa shape index (κ2) is 8.61. The predicted molar refractivity (Wildman–Crippen MR) is 126 cm³/mol. The van der Waals surface area contributed by atoms with Crippen molar-refractivity contribution < 1.29 is 31.1 Å². The molecule has 188 valence electrons. The van der Waals surface area contributed by atoms with Crippen LogP contribution in [0.3, 0.4) is 0 Å². The number of aryl methyl sites for hydroxylation is 1. The second-order valence-electron chi connectivity index (χ2n) is 8.41. The molecule has 2 aromatic heterocycles. The lowest BCUT2D eigenvalue weighted by Gasteiger charge is -2.16. The Bertz CT molecular complexity index is 1670. The van der Waals surface area contributed by atoms with Crippen molar-refractivity contribution in [2.24, 2.45) is 0 Å². The van der Waals surface area contributed by atoms with Gasteiger partial charge in [0.25, 0.3) is 5.91 Å². The number of alkyl halides is 6. The van der Waals surface area contributed by atoms with E-state index in [-0.39, 0.29) is 17.8 Å². The lowest BCUT2D eigenvalue weighted by molar-refractivity contribution is -0.141. The van der Waals surface area contributed by atoms with Crippen molar-refractivity contribution in [3.63, 3.8) is 0 Å². The first-order valence-corrected chi connectivity index (χ1v) is 10.8. The summed E-state index contributed by atoms with van der Waals surface area (Å²) < 4.78 is 79.7. The van der Waals surface area contributed by atoms with Gasteiger partial charge < -0.3 is 10.3 Å². The smallest absolute Gasteiger partial charge is 0.339 e. The molecule has 37 heavy (non-hydrogen) atoms. The highest BCUT2D eigenvalue weighted by molar-refractivity contribution is 6.07. The number of nitrogens with zero attached hydrogens (tertiary/aromatic N) is 2. The van der Waals surface area contributed by atoms with Crippen molar-refractivity contribution in [1.82, 2.24) is 15.0 Å². The molecule has 5 nitrogen and oxygen atoms in total. The number of anilines is 1. The maximum absolute atomic E-state index is 13.4. The number of H-pyrrole nitrogens is 1. The SMILES string of the molecule is Cc1ccc(NC(=O)c2cc(C(F)(F)F)ccc2C(F)(F)F)cc1-c1ccc2c(c1)[nH]c1ncncc12. The van der Waals surface area contributed by atoms with E-state index in [0.717, 1.165) is 27.4 Å². The summed E-state index contributed by atoms with van der Waals surface area (Å²) in [6.45, 7) is 1.82. The summed E-state index contributed by atoms with van der Waals surface area (Å²) >= 11 is 0. The minimum absolute atomic E-state index is 0.124. The number of nitrogens with one attached hydrogen (secondary N) is 2. The first-order valence-electron chi connectivity index (χ1n) is 10.8. The van der Waals surface area contributed by atoms with Crippen LogP contribution >= 0.6 is 0 Å². The molecule has 0 spiro atoms. The molecule has 1 amide bonds. The van der Waals surface area contributed by atoms with Gasteiger partial charge in [-0.2, -0.15) is 26.3 Å². The van der Waals surface area contributed by atoms with Crippen LogP contribution in [0.25, 0.3) is 33.1 Å². The van der Waals surface area contributed by atoms with Gasteiger partial charge in [-0.1, -0.05) is 18.2 Å². The number of halogens is 6. The van der Waals surface area contributed by atoms with E-state index in [9.17, 15) is 31.1 Å². The summed E-state index contributed by atoms with van der Waals surface area (Å²) in [4.78, 5) is 24.2. The average molecular weight is 514 g/mol. The first-order chi connectivity index (χ1) is 17.4. The van der Waals surface area contributed by atoms with Gasteiger partial charge in [-0.25, -0.2) is 9.97 Å². The van der Waals surface area contributed by atoms with Crippen LogP contribution in [0.2, 0.25) is 0 Å². The van der Waals surface area contributed by atoms with Gasteiger partial charge in [0, 0.05) is 28.2 Å². The van der Waals surface area contributed by atoms with Gasteiger partial charge in [0.15, 0.2) is 0 Å². The fraction of sp³-hybridized carbons (Fsp3) is 0.115. The molecular formula is C26H16F6N4O. The highest BCUT2D eigenvalue weighted by Gasteiger charge is 2.38. The number of hydrogen-bond acceptors (Lipinski definition) is 3. The Kier molecular flexibility index (Phi) is 5.65. The quantitative estimate of drug-likeness (QED) is 0.247. The van der Waals surface area contributed by atoms with Crippen LogP contribution in [0, 0.1) is 6.92 Å². The summed E-state index contributed by atoms with van der Waals surface area (Å²) in [7, 11) is 0. The van der Waals surface area contributed by atoms with Gasteiger partial charge in [0.05, 0.1) is 16.7 Å². The van der Waals surface area contributed by atoms with E-state index < -0.39 is 35.0 Å². The summed E-state index contributed by atoms with van der Waals surface area (Å²) in [5.74, 6) is -1.31. The fourth-order valence-electron chi connectivity index (χ4n) is 4.17. The molecule has 11 heteroatoms. The van der Waals surface area contributed by atoms with Gasteiger partial charge in [-0.15, -0.1) is 0 Å². The maximum atomic E-state index is 13.4. The molecule has 2 heterocycles. The lowest BCUT2D eigenvalue weighted by Crippen LogP contribution is -2.20. The number of carbonyl (C=O) groups is 1. The molecule has 0 aliphatic heterocycles. The molecule has 3 aromatic carbocycles. The third-order valence-corrected chi connectivity index (χ3v) is 5.98. The number of amides is 1. The van der Waals surface area contributed by atoms with E-state index in [2.05, 4.69) is 20.3 Å². The molecule has 0 fully saturated rings. The van der Waals surface area contributed by atoms with E-state index >= 15 is 0 Å². The highest BCUT2D eigenvalue weighted by Crippen LogP contribution is 2.37. The van der Waals surface area contributed by atoms with Crippen LogP contribution in [-0.2, 0) is 12.4 Å². The Morgan fingerprint density at radius 3 is 2.41 bits per heavy atom. The molecule has 0 bridgehead atoms. The average Bonchev–Trinajstić information content (AvgIpc) is 3.21. The number of aromatic nitrogens is 3. The molecular weight excluding hydrogens is 498 g/mol. The summed E-state index contributed by atoms with van der Waals surface area (Å²) in [6.07, 6.45) is -6.83. The normalized spacial score (nSPS) is 12.3. The van der Waals surface area contributed by atoms with E-state index in [4.69, 9.17) is 0 Å². The molecule has 0 aliphatic carbocycles. The second-order valence-corrected chi connectivity index (χ2v) is 8.41. The molecule has 0 unspecified atom stereocenters. The molecule has 5 aromatic rings. The van der Waals surface area contributed by atoms with Gasteiger partial charge in [0.2, 0.25) is 0 Å². The number of carbonyl (C=O) groups excluding carboxylic acids is 1. The van der Waals surface area contributed by atoms with Crippen molar-refractivity contribution in [3.8, 4) is 11.1 Å². The van der Waals surface area contributed by atoms with Crippen molar-refractivity contribution in [1.29, 1.82) is 0 Å². The van der Waals surface area contributed by atoms with Gasteiger partial charge >= 0.3 is 12.4 Å². The zero-order chi connectivity index (χ0) is 26.5. The Balaban J connectivity index is 1.52.